The maximum Gasteiger partial charge on any atom is 0.490 e. The number of nitrogens with one attached hydrogen (secondary N) is 1. The molecule has 0 saturated heterocycles. The van der Waals surface area contributed by atoms with Crippen LogP contribution in [0.4, 0.5) is 11.8 Å². The molecule has 2 aromatic rings. The fourth-order valence-corrected chi connectivity index (χ4v) is 1.32. The summed E-state index contributed by atoms with van der Waals surface area (Å²) in [4.78, 5) is 17.6. The van der Waals surface area contributed by atoms with Crippen molar-refractivity contribution < 1.29 is 4.92 Å². The maximum absolute atomic E-state index is 10.4. The standard InChI is InChI=1S/C9H10N6O2/c1-10-8-4-2-3-7(12-8)5-14-6-11-9(13-14)15(16)17/h2-4,6H,5H2,1H3,(H,10,12). The topological polar surface area (TPSA) is 98.8 Å². The van der Waals surface area contributed by atoms with Gasteiger partial charge in [0.15, 0.2) is 0 Å². The minimum absolute atomic E-state index is 0.344. The molecule has 0 aliphatic heterocycles. The highest BCUT2D eigenvalue weighted by atomic mass is 16.6. The van der Waals surface area contributed by atoms with Gasteiger partial charge in [0.2, 0.25) is 6.33 Å². The van der Waals surface area contributed by atoms with Gasteiger partial charge in [-0.1, -0.05) is 11.1 Å². The second kappa shape index (κ2) is 4.56. The number of nitro groups is 1. The lowest BCUT2D eigenvalue weighted by Crippen LogP contribution is -2.04. The zero-order valence-electron chi connectivity index (χ0n) is 9.07. The lowest BCUT2D eigenvalue weighted by atomic mass is 10.3. The molecule has 1 N–H and O–H groups in total. The Balaban J connectivity index is 2.16. The van der Waals surface area contributed by atoms with Crippen molar-refractivity contribution in [1.82, 2.24) is 19.7 Å². The van der Waals surface area contributed by atoms with Gasteiger partial charge in [0, 0.05) is 12.1 Å². The van der Waals surface area contributed by atoms with Crippen LogP contribution in [-0.4, -0.2) is 31.7 Å². The van der Waals surface area contributed by atoms with E-state index in [0.717, 1.165) is 11.5 Å². The Morgan fingerprint density at radius 2 is 2.35 bits per heavy atom. The normalized spacial score (nSPS) is 10.2. The number of aromatic nitrogens is 4. The summed E-state index contributed by atoms with van der Waals surface area (Å²) in [6.07, 6.45) is 1.31. The van der Waals surface area contributed by atoms with Crippen molar-refractivity contribution in [3.05, 3.63) is 40.3 Å². The first kappa shape index (κ1) is 11.0. The number of rotatable bonds is 4. The van der Waals surface area contributed by atoms with Crippen LogP contribution in [0.25, 0.3) is 0 Å². The third-order valence-electron chi connectivity index (χ3n) is 2.07. The molecule has 0 saturated carbocycles. The van der Waals surface area contributed by atoms with Crippen LogP contribution in [-0.2, 0) is 6.54 Å². The van der Waals surface area contributed by atoms with Gasteiger partial charge in [0.05, 0.1) is 5.69 Å². The Bertz CT molecular complexity index is 538. The van der Waals surface area contributed by atoms with Crippen molar-refractivity contribution in [1.29, 1.82) is 0 Å². The van der Waals surface area contributed by atoms with Crippen LogP contribution in [0.2, 0.25) is 0 Å². The van der Waals surface area contributed by atoms with Gasteiger partial charge >= 0.3 is 5.95 Å². The van der Waals surface area contributed by atoms with Crippen molar-refractivity contribution >= 4 is 11.8 Å². The van der Waals surface area contributed by atoms with E-state index in [-0.39, 0.29) is 0 Å². The number of anilines is 1. The smallest absolute Gasteiger partial charge is 0.390 e. The quantitative estimate of drug-likeness (QED) is 0.616. The lowest BCUT2D eigenvalue weighted by Gasteiger charge is -2.01. The van der Waals surface area contributed by atoms with Crippen LogP contribution < -0.4 is 5.32 Å². The molecule has 0 amide bonds. The first-order valence-electron chi connectivity index (χ1n) is 4.86. The third kappa shape index (κ3) is 2.54. The highest BCUT2D eigenvalue weighted by Crippen LogP contribution is 2.06. The van der Waals surface area contributed by atoms with E-state index in [2.05, 4.69) is 20.4 Å². The molecule has 0 spiro atoms. The number of hydrogen-bond donors (Lipinski definition) is 1. The molecule has 2 aromatic heterocycles. The first-order valence-corrected chi connectivity index (χ1v) is 4.86. The van der Waals surface area contributed by atoms with Crippen LogP contribution in [0.5, 0.6) is 0 Å². The fourth-order valence-electron chi connectivity index (χ4n) is 1.32. The van der Waals surface area contributed by atoms with Crippen molar-refractivity contribution in [2.24, 2.45) is 0 Å². The molecular formula is C9H10N6O2. The van der Waals surface area contributed by atoms with Gasteiger partial charge in [0.25, 0.3) is 0 Å². The van der Waals surface area contributed by atoms with Crippen LogP contribution in [0.3, 0.4) is 0 Å². The average molecular weight is 234 g/mol. The zero-order valence-corrected chi connectivity index (χ0v) is 9.07. The molecule has 0 unspecified atom stereocenters. The number of pyridine rings is 1. The summed E-state index contributed by atoms with van der Waals surface area (Å²) in [6, 6.07) is 5.49. The van der Waals surface area contributed by atoms with Crippen LogP contribution in [0, 0.1) is 10.1 Å². The van der Waals surface area contributed by atoms with Crippen LogP contribution in [0.1, 0.15) is 5.69 Å². The Morgan fingerprint density at radius 3 is 3.00 bits per heavy atom. The summed E-state index contributed by atoms with van der Waals surface area (Å²) in [5.74, 6) is 0.326. The second-order valence-corrected chi connectivity index (χ2v) is 3.26. The maximum atomic E-state index is 10.4. The van der Waals surface area contributed by atoms with Gasteiger partial charge in [-0.25, -0.2) is 4.98 Å². The molecule has 0 aliphatic rings. The Morgan fingerprint density at radius 1 is 1.53 bits per heavy atom. The summed E-state index contributed by atoms with van der Waals surface area (Å²) < 4.78 is 1.37. The molecule has 0 radical (unpaired) electrons. The molecule has 0 atom stereocenters. The highest BCUT2D eigenvalue weighted by Gasteiger charge is 2.13. The Hall–Kier alpha value is -2.51. The van der Waals surface area contributed by atoms with E-state index in [1.165, 1.54) is 11.0 Å². The molecular weight excluding hydrogens is 224 g/mol. The van der Waals surface area contributed by atoms with Crippen LogP contribution >= 0.6 is 0 Å². The van der Waals surface area contributed by atoms with Crippen LogP contribution in [0.15, 0.2) is 24.5 Å². The van der Waals surface area contributed by atoms with Crippen molar-refractivity contribution in [2.45, 2.75) is 6.54 Å². The number of nitrogens with zero attached hydrogens (tertiary/aromatic N) is 5. The molecule has 88 valence electrons. The Labute approximate surface area is 96.5 Å². The van der Waals surface area contributed by atoms with E-state index in [4.69, 9.17) is 0 Å². The molecule has 8 heteroatoms. The zero-order chi connectivity index (χ0) is 12.3. The van der Waals surface area contributed by atoms with Crippen molar-refractivity contribution in [2.75, 3.05) is 12.4 Å². The number of hydrogen-bond acceptors (Lipinski definition) is 6. The van der Waals surface area contributed by atoms with Gasteiger partial charge in [-0.2, -0.15) is 4.68 Å². The lowest BCUT2D eigenvalue weighted by molar-refractivity contribution is -0.394. The van der Waals surface area contributed by atoms with Gasteiger partial charge in [-0.05, 0) is 17.1 Å². The molecule has 2 heterocycles. The van der Waals surface area contributed by atoms with E-state index < -0.39 is 10.9 Å². The monoisotopic (exact) mass is 234 g/mol. The van der Waals surface area contributed by atoms with E-state index in [1.807, 2.05) is 18.2 Å². The van der Waals surface area contributed by atoms with Gasteiger partial charge in [-0.15, -0.1) is 0 Å². The molecule has 0 bridgehead atoms. The van der Waals surface area contributed by atoms with Gasteiger partial charge < -0.3 is 15.4 Å². The van der Waals surface area contributed by atoms with E-state index in [0.29, 0.717) is 6.54 Å². The minimum atomic E-state index is -0.631. The molecule has 0 aliphatic carbocycles. The van der Waals surface area contributed by atoms with Crippen molar-refractivity contribution in [3.8, 4) is 0 Å². The predicted molar refractivity (Wildman–Crippen MR) is 59.6 cm³/mol. The van der Waals surface area contributed by atoms with Gasteiger partial charge in [0.1, 0.15) is 12.4 Å². The van der Waals surface area contributed by atoms with Crippen molar-refractivity contribution in [3.63, 3.8) is 0 Å². The predicted octanol–water partition coefficient (Wildman–Crippen LogP) is 0.671. The third-order valence-corrected chi connectivity index (χ3v) is 2.07. The van der Waals surface area contributed by atoms with E-state index in [9.17, 15) is 10.1 Å². The van der Waals surface area contributed by atoms with E-state index >= 15 is 0 Å². The first-order chi connectivity index (χ1) is 8.19. The molecule has 2 rings (SSSR count). The fraction of sp³-hybridized carbons (Fsp3) is 0.222. The molecule has 0 aromatic carbocycles. The highest BCUT2D eigenvalue weighted by molar-refractivity contribution is 5.34. The largest absolute Gasteiger partial charge is 0.490 e. The summed E-state index contributed by atoms with van der Waals surface area (Å²) >= 11 is 0. The van der Waals surface area contributed by atoms with Gasteiger partial charge in [-0.3, -0.25) is 0 Å². The SMILES string of the molecule is CNc1cccc(Cn2cnc([N+](=O)[O-])n2)n1. The summed E-state index contributed by atoms with van der Waals surface area (Å²) in [5, 5.41) is 17.0. The second-order valence-electron chi connectivity index (χ2n) is 3.26. The van der Waals surface area contributed by atoms with E-state index in [1.54, 1.807) is 7.05 Å². The average Bonchev–Trinajstić information content (AvgIpc) is 2.78. The molecule has 17 heavy (non-hydrogen) atoms. The molecule has 0 fully saturated rings. The summed E-state index contributed by atoms with van der Waals surface area (Å²) in [6.45, 7) is 0.344. The summed E-state index contributed by atoms with van der Waals surface area (Å²) in [7, 11) is 1.77. The minimum Gasteiger partial charge on any atom is -0.390 e. The summed E-state index contributed by atoms with van der Waals surface area (Å²) in [5.41, 5.74) is 0.747. The molecule has 8 nitrogen and oxygen atoms in total. The Kier molecular flexibility index (Phi) is 2.95.